The molecule has 0 spiro atoms. The van der Waals surface area contributed by atoms with Crippen molar-refractivity contribution in [3.05, 3.63) is 47.0 Å². The average molecular weight is 303 g/mol. The number of hydrogen-bond acceptors (Lipinski definition) is 5. The van der Waals surface area contributed by atoms with E-state index >= 15 is 0 Å². The summed E-state index contributed by atoms with van der Waals surface area (Å²) in [7, 11) is 0. The third-order valence-corrected chi connectivity index (χ3v) is 3.05. The molecule has 0 saturated carbocycles. The molecule has 0 saturated heterocycles. The van der Waals surface area contributed by atoms with Gasteiger partial charge in [0.15, 0.2) is 5.65 Å². The third kappa shape index (κ3) is 2.68. The Balaban J connectivity index is 1.90. The van der Waals surface area contributed by atoms with Gasteiger partial charge in [0, 0.05) is 18.6 Å². The number of aryl methyl sites for hydroxylation is 2. The lowest BCUT2D eigenvalue weighted by Gasteiger charge is -2.06. The number of halogens is 1. The maximum Gasteiger partial charge on any atom is 0.259 e. The van der Waals surface area contributed by atoms with Crippen LogP contribution in [0.4, 0.5) is 5.82 Å². The number of amides is 1. The number of aromatic nitrogens is 5. The van der Waals surface area contributed by atoms with E-state index in [0.29, 0.717) is 11.4 Å². The molecular weight excluding hydrogens is 292 g/mol. The maximum absolute atomic E-state index is 12.1. The Morgan fingerprint density at radius 1 is 1.19 bits per heavy atom. The number of rotatable bonds is 2. The monoisotopic (exact) mass is 302 g/mol. The first-order valence-electron chi connectivity index (χ1n) is 6.15. The van der Waals surface area contributed by atoms with Crippen LogP contribution in [-0.4, -0.2) is 30.2 Å². The van der Waals surface area contributed by atoms with E-state index in [1.54, 1.807) is 6.20 Å². The number of imidazole rings is 1. The Bertz CT molecular complexity index is 827. The molecule has 1 N–H and O–H groups in total. The average Bonchev–Trinajstić information content (AvgIpc) is 2.80. The highest BCUT2D eigenvalue weighted by atomic mass is 35.5. The van der Waals surface area contributed by atoms with Crippen LogP contribution in [0.5, 0.6) is 0 Å². The largest absolute Gasteiger partial charge is 0.305 e. The Labute approximate surface area is 125 Å². The summed E-state index contributed by atoms with van der Waals surface area (Å²) in [6, 6.07) is 0. The lowest BCUT2D eigenvalue weighted by Crippen LogP contribution is -2.14. The number of anilines is 1. The van der Waals surface area contributed by atoms with Crippen LogP contribution in [-0.2, 0) is 0 Å². The molecule has 0 fully saturated rings. The fourth-order valence-electron chi connectivity index (χ4n) is 1.95. The normalized spacial score (nSPS) is 10.8. The summed E-state index contributed by atoms with van der Waals surface area (Å²) in [6.07, 6.45) is 6.29. The molecule has 3 heterocycles. The Kier molecular flexibility index (Phi) is 3.26. The molecule has 0 unspecified atom stereocenters. The van der Waals surface area contributed by atoms with Crippen molar-refractivity contribution in [2.24, 2.45) is 0 Å². The van der Waals surface area contributed by atoms with Crippen molar-refractivity contribution in [2.75, 3.05) is 5.32 Å². The van der Waals surface area contributed by atoms with Crippen LogP contribution >= 0.6 is 11.6 Å². The lowest BCUT2D eigenvalue weighted by atomic mass is 10.3. The minimum absolute atomic E-state index is 0.0934. The van der Waals surface area contributed by atoms with Crippen LogP contribution in [0.3, 0.4) is 0 Å². The minimum Gasteiger partial charge on any atom is -0.305 e. The second-order valence-electron chi connectivity index (χ2n) is 4.52. The van der Waals surface area contributed by atoms with E-state index in [-0.39, 0.29) is 11.2 Å². The van der Waals surface area contributed by atoms with Gasteiger partial charge in [-0.15, -0.1) is 0 Å². The summed E-state index contributed by atoms with van der Waals surface area (Å²) in [5, 5.41) is 2.79. The van der Waals surface area contributed by atoms with Gasteiger partial charge in [0.05, 0.1) is 23.1 Å². The van der Waals surface area contributed by atoms with Crippen molar-refractivity contribution in [3.8, 4) is 0 Å². The van der Waals surface area contributed by atoms with E-state index in [9.17, 15) is 4.79 Å². The summed E-state index contributed by atoms with van der Waals surface area (Å²) < 4.78 is 1.83. The van der Waals surface area contributed by atoms with Gasteiger partial charge in [-0.2, -0.15) is 0 Å². The molecular formula is C13H11ClN6O. The minimum atomic E-state index is -0.352. The molecule has 0 bridgehead atoms. The molecule has 3 rings (SSSR count). The molecule has 7 nitrogen and oxygen atoms in total. The molecule has 0 aliphatic carbocycles. The standard InChI is InChI=1S/C13H11ClN6O/c1-7-5-20-6-10(18-8(2)11(20)17-7)19-12(21)9-3-15-13(14)16-4-9/h3-6H,1-2H3,(H,19,21). The molecule has 0 atom stereocenters. The number of carbonyl (C=O) groups is 1. The van der Waals surface area contributed by atoms with E-state index in [4.69, 9.17) is 11.6 Å². The summed E-state index contributed by atoms with van der Waals surface area (Å²) in [5.41, 5.74) is 2.68. The number of carbonyl (C=O) groups excluding carboxylic acids is 1. The summed E-state index contributed by atoms with van der Waals surface area (Å²) in [6.45, 7) is 3.73. The highest BCUT2D eigenvalue weighted by Crippen LogP contribution is 2.13. The molecule has 0 aliphatic heterocycles. The summed E-state index contributed by atoms with van der Waals surface area (Å²) in [5.74, 6) is 0.0760. The molecule has 3 aromatic heterocycles. The first-order valence-corrected chi connectivity index (χ1v) is 6.52. The Hall–Kier alpha value is -2.54. The van der Waals surface area contributed by atoms with Crippen molar-refractivity contribution >= 4 is 29.0 Å². The van der Waals surface area contributed by atoms with Gasteiger partial charge in [-0.25, -0.2) is 19.9 Å². The number of nitrogens with one attached hydrogen (secondary N) is 1. The highest BCUT2D eigenvalue weighted by Gasteiger charge is 2.11. The second-order valence-corrected chi connectivity index (χ2v) is 4.86. The number of nitrogens with zero attached hydrogens (tertiary/aromatic N) is 5. The van der Waals surface area contributed by atoms with Gasteiger partial charge >= 0.3 is 0 Å². The molecule has 1 amide bonds. The van der Waals surface area contributed by atoms with Gasteiger partial charge in [-0.3, -0.25) is 4.79 Å². The highest BCUT2D eigenvalue weighted by molar-refractivity contribution is 6.28. The van der Waals surface area contributed by atoms with Gasteiger partial charge in [0.25, 0.3) is 5.91 Å². The van der Waals surface area contributed by atoms with Crippen LogP contribution in [0.2, 0.25) is 5.28 Å². The zero-order valence-corrected chi connectivity index (χ0v) is 12.1. The lowest BCUT2D eigenvalue weighted by molar-refractivity contribution is 0.102. The molecule has 21 heavy (non-hydrogen) atoms. The van der Waals surface area contributed by atoms with Crippen LogP contribution in [0.15, 0.2) is 24.8 Å². The van der Waals surface area contributed by atoms with Crippen molar-refractivity contribution in [2.45, 2.75) is 13.8 Å². The van der Waals surface area contributed by atoms with Crippen molar-refractivity contribution in [3.63, 3.8) is 0 Å². The van der Waals surface area contributed by atoms with Gasteiger partial charge in [-0.05, 0) is 25.4 Å². The van der Waals surface area contributed by atoms with Gasteiger partial charge in [0.1, 0.15) is 5.82 Å². The van der Waals surface area contributed by atoms with E-state index in [1.165, 1.54) is 12.4 Å². The van der Waals surface area contributed by atoms with Crippen molar-refractivity contribution in [1.29, 1.82) is 0 Å². The fraction of sp³-hybridized carbons (Fsp3) is 0.154. The summed E-state index contributed by atoms with van der Waals surface area (Å²) >= 11 is 5.59. The predicted molar refractivity (Wildman–Crippen MR) is 77.5 cm³/mol. The second kappa shape index (κ2) is 5.10. The van der Waals surface area contributed by atoms with Crippen LogP contribution in [0, 0.1) is 13.8 Å². The van der Waals surface area contributed by atoms with Crippen molar-refractivity contribution in [1.82, 2.24) is 24.3 Å². The fourth-order valence-corrected chi connectivity index (χ4v) is 2.05. The first kappa shape index (κ1) is 13.4. The Morgan fingerprint density at radius 3 is 2.62 bits per heavy atom. The quantitative estimate of drug-likeness (QED) is 0.732. The van der Waals surface area contributed by atoms with Crippen molar-refractivity contribution < 1.29 is 4.79 Å². The van der Waals surface area contributed by atoms with Crippen LogP contribution < -0.4 is 5.32 Å². The zero-order valence-electron chi connectivity index (χ0n) is 11.3. The predicted octanol–water partition coefficient (Wildman–Crippen LogP) is 2.04. The van der Waals surface area contributed by atoms with Gasteiger partial charge < -0.3 is 9.72 Å². The summed E-state index contributed by atoms with van der Waals surface area (Å²) in [4.78, 5) is 28.3. The molecule has 3 aromatic rings. The topological polar surface area (TPSA) is 85.1 Å². The van der Waals surface area contributed by atoms with Crippen LogP contribution in [0.25, 0.3) is 5.65 Å². The van der Waals surface area contributed by atoms with Gasteiger partial charge in [-0.1, -0.05) is 0 Å². The third-order valence-electron chi connectivity index (χ3n) is 2.85. The van der Waals surface area contributed by atoms with E-state index in [1.807, 2.05) is 24.4 Å². The maximum atomic E-state index is 12.1. The molecule has 0 aliphatic rings. The molecule has 0 radical (unpaired) electrons. The van der Waals surface area contributed by atoms with E-state index in [0.717, 1.165) is 17.0 Å². The van der Waals surface area contributed by atoms with Crippen LogP contribution in [0.1, 0.15) is 21.7 Å². The zero-order chi connectivity index (χ0) is 15.0. The smallest absolute Gasteiger partial charge is 0.259 e. The molecule has 106 valence electrons. The molecule has 8 heteroatoms. The SMILES string of the molecule is Cc1cn2cc(NC(=O)c3cnc(Cl)nc3)nc(C)c2n1. The van der Waals surface area contributed by atoms with E-state index in [2.05, 4.69) is 25.3 Å². The first-order chi connectivity index (χ1) is 10.0. The van der Waals surface area contributed by atoms with Gasteiger partial charge in [0.2, 0.25) is 5.28 Å². The molecule has 0 aromatic carbocycles. The Morgan fingerprint density at radius 2 is 1.90 bits per heavy atom. The number of hydrogen-bond donors (Lipinski definition) is 1. The van der Waals surface area contributed by atoms with E-state index < -0.39 is 0 Å². The number of fused-ring (bicyclic) bond motifs is 1.